The summed E-state index contributed by atoms with van der Waals surface area (Å²) in [6.45, 7) is 0.435. The van der Waals surface area contributed by atoms with Crippen LogP contribution in [0.25, 0.3) is 22.5 Å². The maximum absolute atomic E-state index is 12.1. The summed E-state index contributed by atoms with van der Waals surface area (Å²) in [5.74, 6) is 0.956. The standard InChI is InChI=1S/C20H15ClN2O3/c21-15-7-5-13(6-8-15)12-22-20(24)11-16-10-19(26-23-16)18-9-14-3-1-2-4-17(14)25-18/h1-10H,11-12H2,(H,22,24). The number of nitrogens with one attached hydrogen (secondary N) is 1. The minimum absolute atomic E-state index is 0.135. The van der Waals surface area contributed by atoms with E-state index in [1.54, 1.807) is 18.2 Å². The maximum atomic E-state index is 12.1. The number of furan rings is 1. The first-order valence-corrected chi connectivity index (χ1v) is 8.51. The number of nitrogens with zero attached hydrogens (tertiary/aromatic N) is 1. The number of hydrogen-bond donors (Lipinski definition) is 1. The van der Waals surface area contributed by atoms with Crippen LogP contribution in [0.5, 0.6) is 0 Å². The molecule has 0 aliphatic carbocycles. The molecular weight excluding hydrogens is 352 g/mol. The predicted molar refractivity (Wildman–Crippen MR) is 98.7 cm³/mol. The van der Waals surface area contributed by atoms with E-state index in [9.17, 15) is 4.79 Å². The van der Waals surface area contributed by atoms with E-state index in [0.29, 0.717) is 28.8 Å². The summed E-state index contributed by atoms with van der Waals surface area (Å²) in [7, 11) is 0. The number of benzene rings is 2. The highest BCUT2D eigenvalue weighted by Crippen LogP contribution is 2.28. The number of amides is 1. The highest BCUT2D eigenvalue weighted by Gasteiger charge is 2.14. The summed E-state index contributed by atoms with van der Waals surface area (Å²) >= 11 is 5.85. The van der Waals surface area contributed by atoms with Gasteiger partial charge in [-0.1, -0.05) is 47.1 Å². The van der Waals surface area contributed by atoms with E-state index in [-0.39, 0.29) is 12.3 Å². The van der Waals surface area contributed by atoms with Crippen molar-refractivity contribution < 1.29 is 13.7 Å². The Hall–Kier alpha value is -3.05. The molecule has 0 atom stereocenters. The van der Waals surface area contributed by atoms with Crippen molar-refractivity contribution in [2.75, 3.05) is 0 Å². The summed E-state index contributed by atoms with van der Waals surface area (Å²) < 4.78 is 11.1. The fourth-order valence-corrected chi connectivity index (χ4v) is 2.77. The molecule has 0 bridgehead atoms. The largest absolute Gasteiger partial charge is 0.453 e. The van der Waals surface area contributed by atoms with Gasteiger partial charge in [-0.25, -0.2) is 0 Å². The Labute approximate surface area is 154 Å². The van der Waals surface area contributed by atoms with Crippen LogP contribution in [0.3, 0.4) is 0 Å². The van der Waals surface area contributed by atoms with E-state index < -0.39 is 0 Å². The minimum atomic E-state index is -0.135. The smallest absolute Gasteiger partial charge is 0.226 e. The first kappa shape index (κ1) is 16.4. The molecule has 2 heterocycles. The molecule has 6 heteroatoms. The number of carbonyl (C=O) groups excluding carboxylic acids is 1. The third-order valence-electron chi connectivity index (χ3n) is 3.97. The topological polar surface area (TPSA) is 68.3 Å². The molecule has 2 aromatic heterocycles. The van der Waals surface area contributed by atoms with Crippen molar-refractivity contribution in [3.63, 3.8) is 0 Å². The number of rotatable bonds is 5. The highest BCUT2D eigenvalue weighted by atomic mass is 35.5. The molecule has 5 nitrogen and oxygen atoms in total. The fraction of sp³-hybridized carbons (Fsp3) is 0.100. The molecule has 0 fully saturated rings. The third-order valence-corrected chi connectivity index (χ3v) is 4.22. The van der Waals surface area contributed by atoms with Crippen molar-refractivity contribution in [3.05, 3.63) is 76.9 Å². The molecule has 0 saturated heterocycles. The first-order valence-electron chi connectivity index (χ1n) is 8.13. The minimum Gasteiger partial charge on any atom is -0.453 e. The predicted octanol–water partition coefficient (Wildman–Crippen LogP) is 4.60. The lowest BCUT2D eigenvalue weighted by Gasteiger charge is -2.04. The van der Waals surface area contributed by atoms with Crippen LogP contribution in [0.2, 0.25) is 5.02 Å². The van der Waals surface area contributed by atoms with Crippen molar-refractivity contribution in [1.82, 2.24) is 10.5 Å². The Kier molecular flexibility index (Phi) is 4.46. The SMILES string of the molecule is O=C(Cc1cc(-c2cc3ccccc3o2)on1)NCc1ccc(Cl)cc1. The van der Waals surface area contributed by atoms with Gasteiger partial charge in [0, 0.05) is 23.0 Å². The molecule has 2 aromatic carbocycles. The molecule has 0 spiro atoms. The summed E-state index contributed by atoms with van der Waals surface area (Å²) in [4.78, 5) is 12.1. The molecule has 1 N–H and O–H groups in total. The van der Waals surface area contributed by atoms with Gasteiger partial charge in [0.2, 0.25) is 11.7 Å². The summed E-state index contributed by atoms with van der Waals surface area (Å²) in [5.41, 5.74) is 2.31. The van der Waals surface area contributed by atoms with Crippen LogP contribution >= 0.6 is 11.6 Å². The second kappa shape index (κ2) is 7.06. The van der Waals surface area contributed by atoms with Crippen molar-refractivity contribution >= 4 is 28.5 Å². The zero-order valence-corrected chi connectivity index (χ0v) is 14.5. The fourth-order valence-electron chi connectivity index (χ4n) is 2.64. The summed E-state index contributed by atoms with van der Waals surface area (Å²) in [6.07, 6.45) is 0.136. The van der Waals surface area contributed by atoms with Gasteiger partial charge in [0.15, 0.2) is 5.76 Å². The molecule has 130 valence electrons. The molecule has 4 aromatic rings. The lowest BCUT2D eigenvalue weighted by atomic mass is 10.2. The molecule has 0 aliphatic heterocycles. The van der Waals surface area contributed by atoms with Gasteiger partial charge in [-0.3, -0.25) is 4.79 Å². The number of para-hydroxylation sites is 1. The number of carbonyl (C=O) groups is 1. The zero-order valence-electron chi connectivity index (χ0n) is 13.7. The molecule has 0 radical (unpaired) electrons. The Morgan fingerprint density at radius 1 is 1.04 bits per heavy atom. The van der Waals surface area contributed by atoms with Crippen LogP contribution in [-0.4, -0.2) is 11.1 Å². The Bertz CT molecular complexity index is 1020. The second-order valence-corrected chi connectivity index (χ2v) is 6.35. The van der Waals surface area contributed by atoms with Crippen LogP contribution in [0.1, 0.15) is 11.3 Å². The van der Waals surface area contributed by atoms with Gasteiger partial charge in [-0.05, 0) is 29.8 Å². The van der Waals surface area contributed by atoms with Crippen LogP contribution < -0.4 is 5.32 Å². The first-order chi connectivity index (χ1) is 12.7. The average Bonchev–Trinajstić information content (AvgIpc) is 3.27. The maximum Gasteiger partial charge on any atom is 0.226 e. The van der Waals surface area contributed by atoms with Crippen molar-refractivity contribution in [1.29, 1.82) is 0 Å². The number of fused-ring (bicyclic) bond motifs is 1. The van der Waals surface area contributed by atoms with Crippen LogP contribution in [0, 0.1) is 0 Å². The van der Waals surface area contributed by atoms with Crippen molar-refractivity contribution in [3.8, 4) is 11.5 Å². The molecule has 0 aliphatic rings. The molecular formula is C20H15ClN2O3. The zero-order chi connectivity index (χ0) is 17.9. The van der Waals surface area contributed by atoms with Crippen molar-refractivity contribution in [2.24, 2.45) is 0 Å². The van der Waals surface area contributed by atoms with Gasteiger partial charge in [0.25, 0.3) is 0 Å². The summed E-state index contributed by atoms with van der Waals surface area (Å²) in [5, 5.41) is 8.46. The van der Waals surface area contributed by atoms with Gasteiger partial charge in [-0.2, -0.15) is 0 Å². The van der Waals surface area contributed by atoms with Gasteiger partial charge < -0.3 is 14.3 Å². The van der Waals surface area contributed by atoms with Crippen LogP contribution in [0.4, 0.5) is 0 Å². The Morgan fingerprint density at radius 3 is 2.65 bits per heavy atom. The number of halogens is 1. The van der Waals surface area contributed by atoms with E-state index in [2.05, 4.69) is 10.5 Å². The van der Waals surface area contributed by atoms with E-state index >= 15 is 0 Å². The quantitative estimate of drug-likeness (QED) is 0.560. The van der Waals surface area contributed by atoms with Gasteiger partial charge >= 0.3 is 0 Å². The van der Waals surface area contributed by atoms with Gasteiger partial charge in [-0.15, -0.1) is 0 Å². The lowest BCUT2D eigenvalue weighted by Crippen LogP contribution is -2.24. The second-order valence-electron chi connectivity index (χ2n) is 5.91. The molecule has 4 rings (SSSR count). The van der Waals surface area contributed by atoms with Crippen LogP contribution in [0.15, 0.2) is 69.6 Å². The molecule has 26 heavy (non-hydrogen) atoms. The van der Waals surface area contributed by atoms with E-state index in [1.165, 1.54) is 0 Å². The van der Waals surface area contributed by atoms with E-state index in [1.807, 2.05) is 42.5 Å². The van der Waals surface area contributed by atoms with Gasteiger partial charge in [0.05, 0.1) is 12.1 Å². The number of aromatic nitrogens is 1. The van der Waals surface area contributed by atoms with Gasteiger partial charge in [0.1, 0.15) is 5.58 Å². The monoisotopic (exact) mass is 366 g/mol. The third kappa shape index (κ3) is 3.63. The van der Waals surface area contributed by atoms with Crippen LogP contribution in [-0.2, 0) is 17.8 Å². The molecule has 1 amide bonds. The van der Waals surface area contributed by atoms with E-state index in [0.717, 1.165) is 16.5 Å². The van der Waals surface area contributed by atoms with E-state index in [4.69, 9.17) is 20.5 Å². The number of hydrogen-bond acceptors (Lipinski definition) is 4. The summed E-state index contributed by atoms with van der Waals surface area (Å²) in [6, 6.07) is 18.6. The Morgan fingerprint density at radius 2 is 1.85 bits per heavy atom. The molecule has 0 unspecified atom stereocenters. The normalized spacial score (nSPS) is 11.0. The lowest BCUT2D eigenvalue weighted by molar-refractivity contribution is -0.120. The molecule has 0 saturated carbocycles. The Balaban J connectivity index is 1.39. The van der Waals surface area contributed by atoms with Crippen molar-refractivity contribution in [2.45, 2.75) is 13.0 Å². The average molecular weight is 367 g/mol. The highest BCUT2D eigenvalue weighted by molar-refractivity contribution is 6.30.